The zero-order valence-corrected chi connectivity index (χ0v) is 28.4. The van der Waals surface area contributed by atoms with E-state index in [9.17, 15) is 19.5 Å². The summed E-state index contributed by atoms with van der Waals surface area (Å²) in [6, 6.07) is 0. The summed E-state index contributed by atoms with van der Waals surface area (Å²) in [6.45, 7) is 10.5. The molecule has 0 aromatic rings. The summed E-state index contributed by atoms with van der Waals surface area (Å²) in [5, 5.41) is 17.0. The molecule has 0 spiro atoms. The van der Waals surface area contributed by atoms with Crippen LogP contribution in [-0.4, -0.2) is 94.6 Å². The number of hydrogen-bond acceptors (Lipinski definition) is 10. The van der Waals surface area contributed by atoms with E-state index >= 15 is 0 Å². The molecule has 0 saturated carbocycles. The Bertz CT molecular complexity index is 1170. The predicted molar refractivity (Wildman–Crippen MR) is 178 cm³/mol. The van der Waals surface area contributed by atoms with E-state index < -0.39 is 23.9 Å². The molecule has 1 aliphatic heterocycles. The fourth-order valence-electron chi connectivity index (χ4n) is 5.40. The molecule has 2 aliphatic rings. The first-order valence-electron chi connectivity index (χ1n) is 16.2. The summed E-state index contributed by atoms with van der Waals surface area (Å²) in [7, 11) is 3.18. The lowest BCUT2D eigenvalue weighted by Gasteiger charge is -2.29. The number of allylic oxidation sites excluding steroid dienone is 4. The molecular weight excluding hydrogens is 590 g/mol. The Hall–Kier alpha value is -2.93. The van der Waals surface area contributed by atoms with Crippen LogP contribution in [0.5, 0.6) is 0 Å². The van der Waals surface area contributed by atoms with Crippen LogP contribution in [0.25, 0.3) is 0 Å². The quantitative estimate of drug-likeness (QED) is 0.133. The molecule has 0 aromatic heterocycles. The van der Waals surface area contributed by atoms with Gasteiger partial charge in [0.2, 0.25) is 11.6 Å². The second-order valence-corrected chi connectivity index (χ2v) is 12.1. The first-order valence-corrected chi connectivity index (χ1v) is 16.2. The van der Waals surface area contributed by atoms with E-state index in [1.807, 2.05) is 32.9 Å². The summed E-state index contributed by atoms with van der Waals surface area (Å²) < 4.78 is 22.4. The molecule has 46 heavy (non-hydrogen) atoms. The average Bonchev–Trinajstić information content (AvgIpc) is 3.02. The topological polar surface area (TPSA) is 158 Å². The number of carbonyl (C=O) groups is 3. The van der Waals surface area contributed by atoms with Crippen molar-refractivity contribution in [3.63, 3.8) is 0 Å². The first kappa shape index (κ1) is 39.2. The second-order valence-electron chi connectivity index (χ2n) is 12.1. The van der Waals surface area contributed by atoms with Crippen LogP contribution in [0.15, 0.2) is 58.5 Å². The fraction of sp³-hybridized carbons (Fsp3) is 0.629. The number of aliphatic hydroxyl groups is 1. The van der Waals surface area contributed by atoms with Crippen LogP contribution >= 0.6 is 0 Å². The molecule has 0 fully saturated rings. The highest BCUT2D eigenvalue weighted by molar-refractivity contribution is 6.23. The van der Waals surface area contributed by atoms with Gasteiger partial charge in [0, 0.05) is 57.1 Å². The molecule has 5 atom stereocenters. The number of carbonyl (C=O) groups excluding carboxylic acids is 3. The summed E-state index contributed by atoms with van der Waals surface area (Å²) in [5.74, 6) is -1.63. The Labute approximate surface area is 274 Å². The highest BCUT2D eigenvalue weighted by atomic mass is 16.5. The number of aliphatic hydroxyl groups excluding tert-OH is 1. The first-order chi connectivity index (χ1) is 22.0. The third-order valence-electron chi connectivity index (χ3n) is 8.04. The van der Waals surface area contributed by atoms with Crippen molar-refractivity contribution in [2.75, 3.05) is 53.7 Å². The van der Waals surface area contributed by atoms with E-state index in [1.54, 1.807) is 33.3 Å². The lowest BCUT2D eigenvalue weighted by atomic mass is 9.85. The lowest BCUT2D eigenvalue weighted by Crippen LogP contribution is -2.37. The van der Waals surface area contributed by atoms with E-state index in [-0.39, 0.29) is 41.5 Å². The maximum atomic E-state index is 13.8. The molecule has 5 N–H and O–H groups in total. The summed E-state index contributed by atoms with van der Waals surface area (Å²) in [5.41, 5.74) is 7.31. The molecule has 0 aromatic carbocycles. The molecule has 2 bridgehead atoms. The van der Waals surface area contributed by atoms with Crippen LogP contribution in [0.1, 0.15) is 59.8 Å². The maximum absolute atomic E-state index is 13.8. The van der Waals surface area contributed by atoms with E-state index in [1.165, 1.54) is 6.08 Å². The number of ether oxygens (including phenoxy) is 4. The largest absolute Gasteiger partial charge is 0.390 e. The third kappa shape index (κ3) is 13.1. The van der Waals surface area contributed by atoms with Gasteiger partial charge >= 0.3 is 0 Å². The van der Waals surface area contributed by atoms with Crippen molar-refractivity contribution in [1.82, 2.24) is 10.6 Å². The van der Waals surface area contributed by atoms with Gasteiger partial charge in [-0.15, -0.1) is 0 Å². The smallest absolute Gasteiger partial charge is 0.251 e. The van der Waals surface area contributed by atoms with Crippen molar-refractivity contribution in [3.05, 3.63) is 58.5 Å². The van der Waals surface area contributed by atoms with Gasteiger partial charge in [0.15, 0.2) is 0 Å². The predicted octanol–water partition coefficient (Wildman–Crippen LogP) is 3.05. The summed E-state index contributed by atoms with van der Waals surface area (Å²) in [4.78, 5) is 40.1. The van der Waals surface area contributed by atoms with Crippen LogP contribution in [0.4, 0.5) is 0 Å². The Balaban J connectivity index is 2.30. The van der Waals surface area contributed by atoms with Crippen molar-refractivity contribution >= 4 is 17.5 Å². The average molecular weight is 646 g/mol. The minimum absolute atomic E-state index is 0.0677. The van der Waals surface area contributed by atoms with E-state index in [2.05, 4.69) is 10.6 Å². The highest BCUT2D eigenvalue weighted by Crippen LogP contribution is 2.28. The zero-order chi connectivity index (χ0) is 34.1. The molecule has 2 rings (SSSR count). The number of nitrogens with one attached hydrogen (secondary N) is 2. The van der Waals surface area contributed by atoms with E-state index in [0.29, 0.717) is 69.9 Å². The van der Waals surface area contributed by atoms with Crippen LogP contribution in [-0.2, 0) is 33.3 Å². The van der Waals surface area contributed by atoms with Crippen LogP contribution in [0, 0.1) is 11.8 Å². The number of fused-ring (bicyclic) bond motifs is 2. The number of ketones is 2. The molecule has 0 unspecified atom stereocenters. The molecule has 258 valence electrons. The minimum Gasteiger partial charge on any atom is -0.390 e. The molecule has 1 aliphatic carbocycles. The van der Waals surface area contributed by atoms with Gasteiger partial charge in [-0.05, 0) is 58.4 Å². The van der Waals surface area contributed by atoms with Crippen molar-refractivity contribution in [2.24, 2.45) is 17.6 Å². The van der Waals surface area contributed by atoms with Crippen molar-refractivity contribution in [3.8, 4) is 0 Å². The normalized spacial score (nSPS) is 27.9. The number of nitrogens with two attached hydrogens (primary N) is 1. The minimum atomic E-state index is -0.789. The van der Waals surface area contributed by atoms with Gasteiger partial charge in [0.25, 0.3) is 5.91 Å². The van der Waals surface area contributed by atoms with Crippen molar-refractivity contribution in [1.29, 1.82) is 0 Å². The molecule has 1 heterocycles. The van der Waals surface area contributed by atoms with Crippen molar-refractivity contribution in [2.45, 2.75) is 78.1 Å². The lowest BCUT2D eigenvalue weighted by molar-refractivity contribution is -0.120. The van der Waals surface area contributed by atoms with Crippen LogP contribution in [0.2, 0.25) is 0 Å². The monoisotopic (exact) mass is 645 g/mol. The van der Waals surface area contributed by atoms with E-state index in [4.69, 9.17) is 24.7 Å². The second kappa shape index (κ2) is 21.0. The Morgan fingerprint density at radius 1 is 1.00 bits per heavy atom. The molecule has 0 saturated heterocycles. The summed E-state index contributed by atoms with van der Waals surface area (Å²) in [6.07, 6.45) is 9.61. The van der Waals surface area contributed by atoms with Crippen LogP contribution in [0.3, 0.4) is 0 Å². The Morgan fingerprint density at radius 3 is 2.35 bits per heavy atom. The Morgan fingerprint density at radius 2 is 1.70 bits per heavy atom. The molecule has 0 radical (unpaired) electrons. The zero-order valence-electron chi connectivity index (χ0n) is 28.4. The molecular formula is C35H55N3O8. The third-order valence-corrected chi connectivity index (χ3v) is 8.04. The summed E-state index contributed by atoms with van der Waals surface area (Å²) >= 11 is 0. The maximum Gasteiger partial charge on any atom is 0.251 e. The highest BCUT2D eigenvalue weighted by Gasteiger charge is 2.32. The fourth-order valence-corrected chi connectivity index (χ4v) is 5.40. The number of Topliss-reactive ketones (excluding diaryl/α,β-unsaturated/α-hetero) is 1. The molecule has 11 nitrogen and oxygen atoms in total. The van der Waals surface area contributed by atoms with Gasteiger partial charge in [-0.1, -0.05) is 43.7 Å². The number of hydrogen-bond donors (Lipinski definition) is 4. The SMILES string of the molecule is CO[C@H]1C=C/C=C(/C)C(=O)NC2=CC(=O)C(NCCCOCCOCCCN)=C(C[C@H](C)C[C@@H](OC)[C@@H](O)[C@H](C)/C=C(\C)C1)C2=O. The standard InChI is InChI=1S/C35H55N3O8/c1-23-18-26(4)33(40)31(44-6)21-24(2)20-28-32(37-13-9-15-46-17-16-45-14-8-12-36)30(39)22-29(34(28)41)38-35(42)25(3)10-7-11-27(19-23)43-5/h7,10-11,18,22,24,26-27,31,33,37,40H,8-9,12-17,19-21,36H2,1-6H3,(H,38,42)/b11-7?,23-18+,25-10-/t24-,26+,27-,31+,33-/m0/s1. The van der Waals surface area contributed by atoms with Gasteiger partial charge in [-0.3, -0.25) is 14.4 Å². The van der Waals surface area contributed by atoms with Gasteiger partial charge in [0.05, 0.1) is 42.9 Å². The number of methoxy groups -OCH3 is 2. The number of amides is 1. The van der Waals surface area contributed by atoms with Gasteiger partial charge in [-0.25, -0.2) is 0 Å². The van der Waals surface area contributed by atoms with Gasteiger partial charge in [-0.2, -0.15) is 0 Å². The Kier molecular flexibility index (Phi) is 18.0. The molecule has 11 heteroatoms. The van der Waals surface area contributed by atoms with E-state index in [0.717, 1.165) is 12.0 Å². The molecule has 1 amide bonds. The van der Waals surface area contributed by atoms with Gasteiger partial charge in [0.1, 0.15) is 0 Å². The van der Waals surface area contributed by atoms with Crippen molar-refractivity contribution < 1.29 is 38.4 Å². The number of rotatable bonds is 13. The van der Waals surface area contributed by atoms with Gasteiger partial charge < -0.3 is 40.4 Å². The van der Waals surface area contributed by atoms with Crippen LogP contribution < -0.4 is 16.4 Å².